The number of halogens is 3. The molecule has 0 bridgehead atoms. The fraction of sp³-hybridized carbons (Fsp3) is 0.269. The van der Waals surface area contributed by atoms with E-state index < -0.39 is 17.5 Å². The van der Waals surface area contributed by atoms with Gasteiger partial charge in [-0.25, -0.2) is 8.78 Å². The molecule has 3 aromatic carbocycles. The molecule has 0 spiro atoms. The topological polar surface area (TPSA) is 43.1 Å². The summed E-state index contributed by atoms with van der Waals surface area (Å²) < 4.78 is 30.7. The lowest BCUT2D eigenvalue weighted by atomic mass is 9.83. The number of nitrogens with two attached hydrogens (primary N) is 1. The molecule has 162 valence electrons. The summed E-state index contributed by atoms with van der Waals surface area (Å²) in [7, 11) is 0. The summed E-state index contributed by atoms with van der Waals surface area (Å²) in [5.74, 6) is -2.10. The van der Waals surface area contributed by atoms with E-state index in [9.17, 15) is 4.79 Å². The highest BCUT2D eigenvalue weighted by atomic mass is 35.5. The first-order chi connectivity index (χ1) is 14.8. The van der Waals surface area contributed by atoms with Crippen molar-refractivity contribution >= 4 is 17.5 Å². The molecule has 1 amide bonds. The van der Waals surface area contributed by atoms with E-state index >= 15 is 8.78 Å². The second kappa shape index (κ2) is 9.61. The number of carbonyl (C=O) groups is 1. The number of hydrogen-bond acceptors (Lipinski definition) is 1. The maximum absolute atomic E-state index is 15.7. The van der Waals surface area contributed by atoms with Crippen molar-refractivity contribution in [3.8, 4) is 11.1 Å². The summed E-state index contributed by atoms with van der Waals surface area (Å²) in [6.07, 6.45) is 1.66. The van der Waals surface area contributed by atoms with Crippen LogP contribution in [0.25, 0.3) is 11.1 Å². The largest absolute Gasteiger partial charge is 0.366 e. The number of primary amides is 1. The van der Waals surface area contributed by atoms with Gasteiger partial charge in [0, 0.05) is 16.7 Å². The Balaban J connectivity index is 2.38. The first-order valence-corrected chi connectivity index (χ1v) is 10.8. The molecule has 0 aliphatic rings. The molecule has 5 heteroatoms. The Morgan fingerprint density at radius 1 is 1.03 bits per heavy atom. The Kier molecular flexibility index (Phi) is 7.11. The molecule has 0 saturated carbocycles. The van der Waals surface area contributed by atoms with Gasteiger partial charge in [0.25, 0.3) is 0 Å². The predicted octanol–water partition coefficient (Wildman–Crippen LogP) is 7.05. The normalized spacial score (nSPS) is 11.2. The second-order valence-corrected chi connectivity index (χ2v) is 8.39. The van der Waals surface area contributed by atoms with Crippen LogP contribution in [-0.4, -0.2) is 5.91 Å². The minimum absolute atomic E-state index is 0.00239. The zero-order valence-electron chi connectivity index (χ0n) is 17.9. The van der Waals surface area contributed by atoms with Crippen molar-refractivity contribution in [2.45, 2.75) is 46.0 Å². The number of rotatable bonds is 7. The van der Waals surface area contributed by atoms with Crippen molar-refractivity contribution in [1.82, 2.24) is 0 Å². The van der Waals surface area contributed by atoms with Crippen LogP contribution in [0.3, 0.4) is 0 Å². The van der Waals surface area contributed by atoms with Crippen LogP contribution >= 0.6 is 11.6 Å². The molecule has 3 aromatic rings. The zero-order valence-corrected chi connectivity index (χ0v) is 18.7. The molecule has 0 aliphatic heterocycles. The summed E-state index contributed by atoms with van der Waals surface area (Å²) in [5.41, 5.74) is 8.63. The van der Waals surface area contributed by atoms with Crippen molar-refractivity contribution in [3.63, 3.8) is 0 Å². The molecule has 0 saturated heterocycles. The molecular formula is C26H26ClF2NO. The molecule has 0 aromatic heterocycles. The molecule has 0 radical (unpaired) electrons. The van der Waals surface area contributed by atoms with Crippen LogP contribution < -0.4 is 5.73 Å². The van der Waals surface area contributed by atoms with Gasteiger partial charge in [-0.1, -0.05) is 75.2 Å². The quantitative estimate of drug-likeness (QED) is 0.419. The summed E-state index contributed by atoms with van der Waals surface area (Å²) in [6, 6.07) is 14.1. The number of benzene rings is 3. The molecule has 3 rings (SSSR count). The van der Waals surface area contributed by atoms with E-state index in [1.807, 2.05) is 51.1 Å². The molecule has 0 fully saturated rings. The monoisotopic (exact) mass is 441 g/mol. The third kappa shape index (κ3) is 4.64. The minimum atomic E-state index is -0.781. The fourth-order valence-electron chi connectivity index (χ4n) is 4.09. The Labute approximate surface area is 187 Å². The molecule has 0 unspecified atom stereocenters. The van der Waals surface area contributed by atoms with Gasteiger partial charge in [0.15, 0.2) is 0 Å². The highest BCUT2D eigenvalue weighted by molar-refractivity contribution is 6.34. The lowest BCUT2D eigenvalue weighted by molar-refractivity contribution is 0.100. The third-order valence-corrected chi connectivity index (χ3v) is 5.79. The van der Waals surface area contributed by atoms with Crippen molar-refractivity contribution in [1.29, 1.82) is 0 Å². The van der Waals surface area contributed by atoms with Crippen LogP contribution in [0.1, 0.15) is 65.7 Å². The van der Waals surface area contributed by atoms with Gasteiger partial charge in [0.05, 0.1) is 5.02 Å². The maximum atomic E-state index is 15.7. The third-order valence-electron chi connectivity index (χ3n) is 5.42. The molecular weight excluding hydrogens is 416 g/mol. The smallest absolute Gasteiger partial charge is 0.249 e. The van der Waals surface area contributed by atoms with E-state index in [1.54, 1.807) is 6.07 Å². The number of carbonyl (C=O) groups excluding carboxylic acids is 1. The maximum Gasteiger partial charge on any atom is 0.249 e. The average Bonchev–Trinajstić information content (AvgIpc) is 2.72. The minimum Gasteiger partial charge on any atom is -0.366 e. The van der Waals surface area contributed by atoms with Crippen molar-refractivity contribution < 1.29 is 13.6 Å². The average molecular weight is 442 g/mol. The molecule has 0 atom stereocenters. The van der Waals surface area contributed by atoms with Crippen molar-refractivity contribution in [2.75, 3.05) is 0 Å². The molecule has 31 heavy (non-hydrogen) atoms. The van der Waals surface area contributed by atoms with Gasteiger partial charge in [-0.2, -0.15) is 0 Å². The Bertz CT molecular complexity index is 1110. The molecule has 2 N–H and O–H groups in total. The van der Waals surface area contributed by atoms with E-state index in [0.29, 0.717) is 29.5 Å². The van der Waals surface area contributed by atoms with Crippen LogP contribution in [0, 0.1) is 11.6 Å². The lowest BCUT2D eigenvalue weighted by Gasteiger charge is -2.23. The van der Waals surface area contributed by atoms with Crippen LogP contribution in [0.4, 0.5) is 8.78 Å². The summed E-state index contributed by atoms with van der Waals surface area (Å²) in [6.45, 7) is 5.83. The van der Waals surface area contributed by atoms with E-state index in [-0.39, 0.29) is 27.6 Å². The zero-order chi connectivity index (χ0) is 22.7. The van der Waals surface area contributed by atoms with Gasteiger partial charge in [-0.15, -0.1) is 0 Å². The first kappa shape index (κ1) is 23.0. The Morgan fingerprint density at radius 3 is 2.29 bits per heavy atom. The second-order valence-electron chi connectivity index (χ2n) is 8.01. The van der Waals surface area contributed by atoms with E-state index in [2.05, 4.69) is 0 Å². The van der Waals surface area contributed by atoms with Crippen LogP contribution in [0.2, 0.25) is 5.02 Å². The van der Waals surface area contributed by atoms with E-state index in [1.165, 1.54) is 12.1 Å². The summed E-state index contributed by atoms with van der Waals surface area (Å²) in [4.78, 5) is 12.2. The van der Waals surface area contributed by atoms with Crippen LogP contribution in [-0.2, 0) is 12.8 Å². The van der Waals surface area contributed by atoms with Crippen LogP contribution in [0.5, 0.6) is 0 Å². The van der Waals surface area contributed by atoms with E-state index in [4.69, 9.17) is 17.3 Å². The van der Waals surface area contributed by atoms with Crippen molar-refractivity contribution in [2.24, 2.45) is 5.73 Å². The Morgan fingerprint density at radius 2 is 1.71 bits per heavy atom. The highest BCUT2D eigenvalue weighted by Gasteiger charge is 2.27. The number of aryl methyl sites for hydroxylation is 1. The van der Waals surface area contributed by atoms with Gasteiger partial charge < -0.3 is 5.73 Å². The fourth-order valence-corrected chi connectivity index (χ4v) is 4.34. The lowest BCUT2D eigenvalue weighted by Crippen LogP contribution is -2.15. The standard InChI is InChI=1S/C26H26ClF2NO/c1-4-8-17-11-12-19(26(30)31)22(25(17)29)23-21(15(2)3)18(14-20(28)24(23)27)13-16-9-6-5-7-10-16/h5-7,9-12,14-15H,4,8,13H2,1-3H3,(H2,30,31). The highest BCUT2D eigenvalue weighted by Crippen LogP contribution is 2.43. The molecule has 2 nitrogen and oxygen atoms in total. The van der Waals surface area contributed by atoms with Gasteiger partial charge in [0.2, 0.25) is 5.91 Å². The van der Waals surface area contributed by atoms with Gasteiger partial charge in [0.1, 0.15) is 11.6 Å². The SMILES string of the molecule is CCCc1ccc(C(N)=O)c(-c2c(Cl)c(F)cc(Cc3ccccc3)c2C(C)C)c1F. The van der Waals surface area contributed by atoms with Gasteiger partial charge in [-0.3, -0.25) is 4.79 Å². The van der Waals surface area contributed by atoms with Gasteiger partial charge in [-0.05, 0) is 53.1 Å². The first-order valence-electron chi connectivity index (χ1n) is 10.4. The van der Waals surface area contributed by atoms with Gasteiger partial charge >= 0.3 is 0 Å². The van der Waals surface area contributed by atoms with E-state index in [0.717, 1.165) is 12.0 Å². The van der Waals surface area contributed by atoms with Crippen LogP contribution in [0.15, 0.2) is 48.5 Å². The molecule has 0 heterocycles. The Hall–Kier alpha value is -2.72. The number of hydrogen-bond donors (Lipinski definition) is 1. The molecule has 0 aliphatic carbocycles. The number of amides is 1. The van der Waals surface area contributed by atoms with Crippen molar-refractivity contribution in [3.05, 3.63) is 93.0 Å². The predicted molar refractivity (Wildman–Crippen MR) is 123 cm³/mol. The summed E-state index contributed by atoms with van der Waals surface area (Å²) >= 11 is 6.44. The summed E-state index contributed by atoms with van der Waals surface area (Å²) in [5, 5.41) is -0.199.